The molecule has 23 heavy (non-hydrogen) atoms. The van der Waals surface area contributed by atoms with Gasteiger partial charge in [0.25, 0.3) is 0 Å². The largest absolute Gasteiger partial charge is 0.416 e. The molecule has 1 aliphatic heterocycles. The molecule has 1 amide bonds. The lowest BCUT2D eigenvalue weighted by molar-refractivity contribution is -0.137. The van der Waals surface area contributed by atoms with Crippen LogP contribution in [0, 0.1) is 6.92 Å². The summed E-state index contributed by atoms with van der Waals surface area (Å²) in [5.41, 5.74) is 7.04. The van der Waals surface area contributed by atoms with E-state index in [0.29, 0.717) is 27.9 Å². The third kappa shape index (κ3) is 2.84. The molecule has 0 spiro atoms. The van der Waals surface area contributed by atoms with Crippen molar-refractivity contribution in [1.82, 2.24) is 9.78 Å². The van der Waals surface area contributed by atoms with Gasteiger partial charge in [-0.2, -0.15) is 18.3 Å². The van der Waals surface area contributed by atoms with E-state index < -0.39 is 17.6 Å². The summed E-state index contributed by atoms with van der Waals surface area (Å²) in [5, 5.41) is 4.13. The van der Waals surface area contributed by atoms with Crippen molar-refractivity contribution >= 4 is 12.1 Å². The minimum absolute atomic E-state index is 0.129. The van der Waals surface area contributed by atoms with E-state index in [1.165, 1.54) is 10.9 Å². The van der Waals surface area contributed by atoms with Gasteiger partial charge in [0.05, 0.1) is 17.8 Å². The minimum atomic E-state index is -4.44. The first-order valence-electron chi connectivity index (χ1n) is 6.82. The summed E-state index contributed by atoms with van der Waals surface area (Å²) < 4.78 is 40.6. The number of hydrogen-bond donors (Lipinski definition) is 1. The number of primary amides is 1. The Labute approximate surface area is 129 Å². The lowest BCUT2D eigenvalue weighted by Crippen LogP contribution is -2.18. The Morgan fingerprint density at radius 1 is 1.35 bits per heavy atom. The minimum Gasteiger partial charge on any atom is -0.368 e. The van der Waals surface area contributed by atoms with Crippen LogP contribution in [0.15, 0.2) is 23.3 Å². The van der Waals surface area contributed by atoms with Crippen LogP contribution in [0.4, 0.5) is 13.2 Å². The number of aryl methyl sites for hydroxylation is 1. The van der Waals surface area contributed by atoms with Gasteiger partial charge in [0.15, 0.2) is 0 Å². The fourth-order valence-electron chi connectivity index (χ4n) is 2.64. The maximum Gasteiger partial charge on any atom is 0.416 e. The number of nitrogens with zero attached hydrogens (tertiary/aromatic N) is 3. The Hall–Kier alpha value is -2.64. The Morgan fingerprint density at radius 2 is 2.09 bits per heavy atom. The topological polar surface area (TPSA) is 73.3 Å². The van der Waals surface area contributed by atoms with Crippen molar-refractivity contribution in [1.29, 1.82) is 0 Å². The summed E-state index contributed by atoms with van der Waals surface area (Å²) >= 11 is 0. The Kier molecular flexibility index (Phi) is 3.46. The molecule has 2 heterocycles. The molecule has 1 aromatic carbocycles. The average molecular weight is 322 g/mol. The van der Waals surface area contributed by atoms with Crippen molar-refractivity contribution in [3.8, 4) is 11.1 Å². The molecule has 120 valence electrons. The number of rotatable bonds is 3. The molecule has 0 atom stereocenters. The van der Waals surface area contributed by atoms with Gasteiger partial charge in [-0.15, -0.1) is 0 Å². The maximum atomic E-state index is 13.1. The molecule has 0 aliphatic carbocycles. The quantitative estimate of drug-likeness (QED) is 0.941. The molecule has 0 fully saturated rings. The van der Waals surface area contributed by atoms with E-state index in [1.807, 2.05) is 0 Å². The Morgan fingerprint density at radius 3 is 2.74 bits per heavy atom. The predicted octanol–water partition coefficient (Wildman–Crippen LogP) is 2.30. The van der Waals surface area contributed by atoms with Crippen LogP contribution in [-0.2, 0) is 24.1 Å². The lowest BCUT2D eigenvalue weighted by atomic mass is 9.94. The summed E-state index contributed by atoms with van der Waals surface area (Å²) in [6.07, 6.45) is -1.35. The van der Waals surface area contributed by atoms with Crippen molar-refractivity contribution in [2.75, 3.05) is 0 Å². The van der Waals surface area contributed by atoms with E-state index in [1.54, 1.807) is 13.1 Å². The second kappa shape index (κ2) is 5.22. The standard InChI is InChI=1S/C15H13F3N4O/c1-8-13(6-22(21-8)7-14(19)23)11-3-10(15(16,17)18)2-9-4-20-5-12(9)11/h2-3,5-6H,4,7H2,1H3,(H2,19,23). The van der Waals surface area contributed by atoms with Crippen molar-refractivity contribution in [3.63, 3.8) is 0 Å². The molecule has 0 saturated heterocycles. The number of alkyl halides is 3. The van der Waals surface area contributed by atoms with Crippen LogP contribution < -0.4 is 5.73 Å². The van der Waals surface area contributed by atoms with Crippen LogP contribution in [0.3, 0.4) is 0 Å². The Bertz CT molecular complexity index is 821. The molecular formula is C15H13F3N4O. The number of halogens is 3. The van der Waals surface area contributed by atoms with E-state index in [-0.39, 0.29) is 13.1 Å². The smallest absolute Gasteiger partial charge is 0.368 e. The summed E-state index contributed by atoms with van der Waals surface area (Å²) in [6.45, 7) is 1.77. The number of carbonyl (C=O) groups is 1. The summed E-state index contributed by atoms with van der Waals surface area (Å²) in [4.78, 5) is 15.0. The molecule has 3 rings (SSSR count). The molecule has 8 heteroatoms. The van der Waals surface area contributed by atoms with E-state index >= 15 is 0 Å². The first kappa shape index (κ1) is 15.3. The fourth-order valence-corrected chi connectivity index (χ4v) is 2.64. The van der Waals surface area contributed by atoms with E-state index in [2.05, 4.69) is 10.1 Å². The molecule has 2 aromatic rings. The zero-order valence-corrected chi connectivity index (χ0v) is 12.2. The molecule has 0 unspecified atom stereocenters. The monoisotopic (exact) mass is 322 g/mol. The van der Waals surface area contributed by atoms with Crippen LogP contribution in [-0.4, -0.2) is 21.9 Å². The maximum absolute atomic E-state index is 13.1. The van der Waals surface area contributed by atoms with Crippen molar-refractivity contribution in [2.45, 2.75) is 26.2 Å². The molecule has 0 radical (unpaired) electrons. The summed E-state index contributed by atoms with van der Waals surface area (Å²) in [6, 6.07) is 2.21. The van der Waals surface area contributed by atoms with Gasteiger partial charge < -0.3 is 5.73 Å². The van der Waals surface area contributed by atoms with Gasteiger partial charge >= 0.3 is 6.18 Å². The zero-order chi connectivity index (χ0) is 16.8. The lowest BCUT2D eigenvalue weighted by Gasteiger charge is -2.12. The van der Waals surface area contributed by atoms with Crippen molar-refractivity contribution in [3.05, 3.63) is 40.7 Å². The number of aliphatic imine (C=N–C) groups is 1. The molecule has 1 aromatic heterocycles. The molecular weight excluding hydrogens is 309 g/mol. The second-order valence-electron chi connectivity index (χ2n) is 5.36. The number of benzene rings is 1. The van der Waals surface area contributed by atoms with Gasteiger partial charge in [0.1, 0.15) is 6.54 Å². The van der Waals surface area contributed by atoms with Gasteiger partial charge in [-0.3, -0.25) is 14.5 Å². The van der Waals surface area contributed by atoms with Gasteiger partial charge in [-0.25, -0.2) is 0 Å². The molecule has 1 aliphatic rings. The molecule has 0 saturated carbocycles. The number of aromatic nitrogens is 2. The van der Waals surface area contributed by atoms with E-state index in [9.17, 15) is 18.0 Å². The van der Waals surface area contributed by atoms with Crippen molar-refractivity contribution < 1.29 is 18.0 Å². The summed E-state index contributed by atoms with van der Waals surface area (Å²) in [7, 11) is 0. The highest BCUT2D eigenvalue weighted by molar-refractivity contribution is 5.94. The number of amides is 1. The third-order valence-electron chi connectivity index (χ3n) is 3.63. The fraction of sp³-hybridized carbons (Fsp3) is 0.267. The van der Waals surface area contributed by atoms with Crippen LogP contribution >= 0.6 is 0 Å². The van der Waals surface area contributed by atoms with Crippen molar-refractivity contribution in [2.24, 2.45) is 10.7 Å². The zero-order valence-electron chi connectivity index (χ0n) is 12.2. The van der Waals surface area contributed by atoms with Crippen LogP contribution in [0.5, 0.6) is 0 Å². The molecule has 0 bridgehead atoms. The predicted molar refractivity (Wildman–Crippen MR) is 77.9 cm³/mol. The number of nitrogens with two attached hydrogens (primary N) is 1. The highest BCUT2D eigenvalue weighted by Gasteiger charge is 2.33. The SMILES string of the molecule is Cc1nn(CC(N)=O)cc1-c1cc(C(F)(F)F)cc2c1C=NC2. The summed E-state index contributed by atoms with van der Waals surface area (Å²) in [5.74, 6) is -0.574. The van der Waals surface area contributed by atoms with E-state index in [0.717, 1.165) is 12.1 Å². The van der Waals surface area contributed by atoms with E-state index in [4.69, 9.17) is 5.73 Å². The first-order chi connectivity index (χ1) is 10.8. The number of hydrogen-bond acceptors (Lipinski definition) is 3. The first-order valence-corrected chi connectivity index (χ1v) is 6.82. The highest BCUT2D eigenvalue weighted by Crippen LogP contribution is 2.37. The van der Waals surface area contributed by atoms with Gasteiger partial charge in [-0.1, -0.05) is 0 Å². The normalized spacial score (nSPS) is 13.4. The Balaban J connectivity index is 2.16. The molecule has 5 nitrogen and oxygen atoms in total. The average Bonchev–Trinajstić information content (AvgIpc) is 3.02. The second-order valence-corrected chi connectivity index (χ2v) is 5.36. The van der Waals surface area contributed by atoms with Gasteiger partial charge in [0.2, 0.25) is 5.91 Å². The highest BCUT2D eigenvalue weighted by atomic mass is 19.4. The number of fused-ring (bicyclic) bond motifs is 1. The van der Waals surface area contributed by atoms with Crippen LogP contribution in [0.25, 0.3) is 11.1 Å². The third-order valence-corrected chi connectivity index (χ3v) is 3.63. The molecule has 2 N–H and O–H groups in total. The number of carbonyl (C=O) groups excluding carboxylic acids is 1. The van der Waals surface area contributed by atoms with Gasteiger partial charge in [0, 0.05) is 23.5 Å². The van der Waals surface area contributed by atoms with Crippen LogP contribution in [0.1, 0.15) is 22.4 Å². The van der Waals surface area contributed by atoms with Gasteiger partial charge in [-0.05, 0) is 30.2 Å². The van der Waals surface area contributed by atoms with Crippen LogP contribution in [0.2, 0.25) is 0 Å².